The normalized spacial score (nSPS) is 12.3. The Labute approximate surface area is 131 Å². The first-order chi connectivity index (χ1) is 11.1. The highest BCUT2D eigenvalue weighted by Crippen LogP contribution is 2.27. The molecule has 1 amide bonds. The van der Waals surface area contributed by atoms with Gasteiger partial charge >= 0.3 is 6.09 Å². The van der Waals surface area contributed by atoms with Crippen molar-refractivity contribution in [2.75, 3.05) is 7.11 Å². The Morgan fingerprint density at radius 2 is 1.83 bits per heavy atom. The standard InChI is InChI=1S/C17H13FN2O3/c1-23-17(22)20-15-9-12-8-11(4-7-14(12)19-15)16(21)10-2-5-13(18)6-3-10/h2-8H,9H2,1H3,(H,19,20,22). The molecule has 1 N–H and O–H groups in total. The lowest BCUT2D eigenvalue weighted by Gasteiger charge is -2.04. The first-order valence-electron chi connectivity index (χ1n) is 6.92. The van der Waals surface area contributed by atoms with Crippen LogP contribution in [-0.2, 0) is 11.2 Å². The summed E-state index contributed by atoms with van der Waals surface area (Å²) in [6.45, 7) is 0. The number of halogens is 1. The van der Waals surface area contributed by atoms with E-state index in [1.807, 2.05) is 0 Å². The minimum atomic E-state index is -0.584. The van der Waals surface area contributed by atoms with Gasteiger partial charge < -0.3 is 4.74 Å². The van der Waals surface area contributed by atoms with Crippen LogP contribution in [0.5, 0.6) is 0 Å². The molecular weight excluding hydrogens is 299 g/mol. The molecule has 1 heterocycles. The van der Waals surface area contributed by atoms with Crippen LogP contribution in [-0.4, -0.2) is 24.8 Å². The van der Waals surface area contributed by atoms with Crippen molar-refractivity contribution in [3.05, 3.63) is 65.0 Å². The van der Waals surface area contributed by atoms with Gasteiger partial charge in [0, 0.05) is 17.5 Å². The maximum Gasteiger partial charge on any atom is 0.412 e. The molecule has 0 aliphatic carbocycles. The van der Waals surface area contributed by atoms with E-state index in [0.29, 0.717) is 29.1 Å². The molecule has 5 nitrogen and oxygen atoms in total. The van der Waals surface area contributed by atoms with Gasteiger partial charge in [0.05, 0.1) is 12.8 Å². The van der Waals surface area contributed by atoms with E-state index in [1.165, 1.54) is 31.4 Å². The number of ketones is 1. The Bertz CT molecular complexity index is 813. The van der Waals surface area contributed by atoms with Gasteiger partial charge in [0.25, 0.3) is 0 Å². The highest BCUT2D eigenvalue weighted by Gasteiger charge is 2.19. The van der Waals surface area contributed by atoms with E-state index < -0.39 is 6.09 Å². The third kappa shape index (κ3) is 3.11. The fourth-order valence-electron chi connectivity index (χ4n) is 2.35. The molecule has 0 aromatic heterocycles. The first-order valence-corrected chi connectivity index (χ1v) is 6.92. The van der Waals surface area contributed by atoms with Crippen LogP contribution in [0.3, 0.4) is 0 Å². The summed E-state index contributed by atoms with van der Waals surface area (Å²) < 4.78 is 17.5. The molecule has 1 aliphatic heterocycles. The van der Waals surface area contributed by atoms with Gasteiger partial charge in [-0.05, 0) is 48.0 Å². The van der Waals surface area contributed by atoms with E-state index in [9.17, 15) is 14.0 Å². The Morgan fingerprint density at radius 1 is 1.13 bits per heavy atom. The van der Waals surface area contributed by atoms with Crippen LogP contribution in [0.1, 0.15) is 21.5 Å². The molecule has 0 unspecified atom stereocenters. The summed E-state index contributed by atoms with van der Waals surface area (Å²) in [7, 11) is 1.28. The molecule has 2 aromatic rings. The molecule has 116 valence electrons. The van der Waals surface area contributed by atoms with Crippen molar-refractivity contribution < 1.29 is 18.7 Å². The van der Waals surface area contributed by atoms with Crippen LogP contribution >= 0.6 is 0 Å². The zero-order chi connectivity index (χ0) is 16.4. The summed E-state index contributed by atoms with van der Waals surface area (Å²) in [5, 5.41) is 2.52. The number of carbonyl (C=O) groups is 2. The minimum Gasteiger partial charge on any atom is -0.453 e. The summed E-state index contributed by atoms with van der Waals surface area (Å²) in [5.41, 5.74) is 2.44. The monoisotopic (exact) mass is 312 g/mol. The lowest BCUT2D eigenvalue weighted by atomic mass is 10.00. The van der Waals surface area contributed by atoms with Crippen molar-refractivity contribution in [3.8, 4) is 0 Å². The number of fused-ring (bicyclic) bond motifs is 1. The predicted octanol–water partition coefficient (Wildman–Crippen LogP) is 3.00. The minimum absolute atomic E-state index is 0.192. The number of aliphatic imine (C=N–C) groups is 1. The fraction of sp³-hybridized carbons (Fsp3) is 0.118. The average molecular weight is 312 g/mol. The number of carbonyl (C=O) groups excluding carboxylic acids is 2. The fourth-order valence-corrected chi connectivity index (χ4v) is 2.35. The number of alkyl carbamates (subject to hydrolysis) is 1. The van der Waals surface area contributed by atoms with Gasteiger partial charge in [-0.25, -0.2) is 14.2 Å². The van der Waals surface area contributed by atoms with E-state index in [-0.39, 0.29) is 11.6 Å². The van der Waals surface area contributed by atoms with Gasteiger partial charge in [-0.15, -0.1) is 0 Å². The van der Waals surface area contributed by atoms with E-state index in [1.54, 1.807) is 18.2 Å². The predicted molar refractivity (Wildman–Crippen MR) is 82.6 cm³/mol. The zero-order valence-corrected chi connectivity index (χ0v) is 12.3. The van der Waals surface area contributed by atoms with Crippen LogP contribution in [0.4, 0.5) is 14.9 Å². The van der Waals surface area contributed by atoms with Crippen molar-refractivity contribution in [1.82, 2.24) is 5.32 Å². The zero-order valence-electron chi connectivity index (χ0n) is 12.3. The Morgan fingerprint density at radius 3 is 2.52 bits per heavy atom. The van der Waals surface area contributed by atoms with Gasteiger partial charge in [0.2, 0.25) is 0 Å². The van der Waals surface area contributed by atoms with E-state index in [0.717, 1.165) is 5.56 Å². The molecule has 0 bridgehead atoms. The van der Waals surface area contributed by atoms with Crippen molar-refractivity contribution in [3.63, 3.8) is 0 Å². The third-order valence-electron chi connectivity index (χ3n) is 3.49. The van der Waals surface area contributed by atoms with Gasteiger partial charge in [-0.1, -0.05) is 0 Å². The number of ether oxygens (including phenoxy) is 1. The number of methoxy groups -OCH3 is 1. The second kappa shape index (κ2) is 6.00. The third-order valence-corrected chi connectivity index (χ3v) is 3.49. The number of amidine groups is 1. The summed E-state index contributed by atoms with van der Waals surface area (Å²) in [6, 6.07) is 10.5. The summed E-state index contributed by atoms with van der Waals surface area (Å²) in [6.07, 6.45) is -0.172. The largest absolute Gasteiger partial charge is 0.453 e. The topological polar surface area (TPSA) is 67.8 Å². The molecule has 0 radical (unpaired) electrons. The maximum absolute atomic E-state index is 12.9. The van der Waals surface area contributed by atoms with Crippen molar-refractivity contribution in [1.29, 1.82) is 0 Å². The molecular formula is C17H13FN2O3. The molecule has 0 fully saturated rings. The van der Waals surface area contributed by atoms with Gasteiger partial charge in [-0.2, -0.15) is 0 Å². The number of hydrogen-bond acceptors (Lipinski definition) is 4. The Kier molecular flexibility index (Phi) is 3.89. The van der Waals surface area contributed by atoms with Crippen molar-refractivity contribution >= 4 is 23.4 Å². The van der Waals surface area contributed by atoms with E-state index in [2.05, 4.69) is 15.0 Å². The van der Waals surface area contributed by atoms with Crippen LogP contribution in [0, 0.1) is 5.82 Å². The second-order valence-electron chi connectivity index (χ2n) is 5.03. The summed E-state index contributed by atoms with van der Waals surface area (Å²) >= 11 is 0. The number of hydrogen-bond donors (Lipinski definition) is 1. The van der Waals surface area contributed by atoms with Crippen LogP contribution in [0.15, 0.2) is 47.5 Å². The highest BCUT2D eigenvalue weighted by molar-refractivity contribution is 6.10. The maximum atomic E-state index is 12.9. The smallest absolute Gasteiger partial charge is 0.412 e. The lowest BCUT2D eigenvalue weighted by molar-refractivity contribution is 0.103. The molecule has 6 heteroatoms. The SMILES string of the molecule is COC(=O)NC1=Nc2ccc(C(=O)c3ccc(F)cc3)cc2C1. The van der Waals surface area contributed by atoms with Gasteiger partial charge in [-0.3, -0.25) is 10.1 Å². The first kappa shape index (κ1) is 14.9. The van der Waals surface area contributed by atoms with Gasteiger partial charge in [0.15, 0.2) is 5.78 Å². The molecule has 1 aliphatic rings. The number of rotatable bonds is 2. The van der Waals surface area contributed by atoms with Crippen LogP contribution in [0.2, 0.25) is 0 Å². The molecule has 23 heavy (non-hydrogen) atoms. The number of nitrogens with zero attached hydrogens (tertiary/aromatic N) is 1. The Hall–Kier alpha value is -3.02. The van der Waals surface area contributed by atoms with Gasteiger partial charge in [0.1, 0.15) is 11.7 Å². The quantitative estimate of drug-likeness (QED) is 0.867. The van der Waals surface area contributed by atoms with Crippen molar-refractivity contribution in [2.24, 2.45) is 4.99 Å². The summed E-state index contributed by atoms with van der Waals surface area (Å²) in [5.74, 6) is -0.108. The molecule has 3 rings (SSSR count). The lowest BCUT2D eigenvalue weighted by Crippen LogP contribution is -2.30. The average Bonchev–Trinajstić information content (AvgIpc) is 2.96. The molecule has 0 saturated heterocycles. The second-order valence-corrected chi connectivity index (χ2v) is 5.03. The number of amides is 1. The summed E-state index contributed by atoms with van der Waals surface area (Å²) in [4.78, 5) is 27.9. The van der Waals surface area contributed by atoms with Crippen molar-refractivity contribution in [2.45, 2.75) is 6.42 Å². The molecule has 2 aromatic carbocycles. The molecule has 0 spiro atoms. The van der Waals surface area contributed by atoms with E-state index in [4.69, 9.17) is 0 Å². The Balaban J connectivity index is 1.80. The molecule has 0 saturated carbocycles. The van der Waals surface area contributed by atoms with E-state index >= 15 is 0 Å². The molecule has 0 atom stereocenters. The van der Waals surface area contributed by atoms with Crippen LogP contribution in [0.25, 0.3) is 0 Å². The van der Waals surface area contributed by atoms with Crippen LogP contribution < -0.4 is 5.32 Å². The number of benzene rings is 2. The number of nitrogens with one attached hydrogen (secondary N) is 1. The highest BCUT2D eigenvalue weighted by atomic mass is 19.1.